The van der Waals surface area contributed by atoms with Gasteiger partial charge in [0, 0.05) is 6.42 Å². The van der Waals surface area contributed by atoms with E-state index in [9.17, 15) is 4.79 Å². The Balaban J connectivity index is 2.20. The number of carbonyl (C=O) groups excluding carboxylic acids is 1. The molecule has 0 aliphatic carbocycles. The molecule has 0 radical (unpaired) electrons. The summed E-state index contributed by atoms with van der Waals surface area (Å²) >= 11 is 0. The molecule has 118 valence electrons. The predicted molar refractivity (Wildman–Crippen MR) is 92.0 cm³/mol. The van der Waals surface area contributed by atoms with Crippen LogP contribution in [-0.4, -0.2) is 6.29 Å². The van der Waals surface area contributed by atoms with Gasteiger partial charge in [0.2, 0.25) is 0 Å². The molecule has 1 aromatic rings. The Morgan fingerprint density at radius 1 is 0.952 bits per heavy atom. The van der Waals surface area contributed by atoms with Crippen LogP contribution in [0.5, 0.6) is 0 Å². The molecule has 0 aliphatic heterocycles. The van der Waals surface area contributed by atoms with Crippen molar-refractivity contribution in [2.24, 2.45) is 0 Å². The Morgan fingerprint density at radius 2 is 1.57 bits per heavy atom. The molecule has 0 N–H and O–H groups in total. The van der Waals surface area contributed by atoms with Crippen LogP contribution in [-0.2, 0) is 11.2 Å². The highest BCUT2D eigenvalue weighted by Gasteiger charge is 2.06. The first-order valence-electron chi connectivity index (χ1n) is 8.68. The average molecular weight is 288 g/mol. The number of aryl methyl sites for hydroxylation is 2. The van der Waals surface area contributed by atoms with Gasteiger partial charge in [0.1, 0.15) is 6.29 Å². The molecule has 21 heavy (non-hydrogen) atoms. The van der Waals surface area contributed by atoms with E-state index in [1.807, 2.05) is 0 Å². The monoisotopic (exact) mass is 288 g/mol. The highest BCUT2D eigenvalue weighted by atomic mass is 16.1. The molecule has 0 amide bonds. The third-order valence-electron chi connectivity index (χ3n) is 4.19. The summed E-state index contributed by atoms with van der Waals surface area (Å²) in [6.45, 7) is 6.76. The second-order valence-corrected chi connectivity index (χ2v) is 6.54. The minimum Gasteiger partial charge on any atom is -0.303 e. The van der Waals surface area contributed by atoms with Gasteiger partial charge in [0.15, 0.2) is 0 Å². The molecule has 1 nitrogen and oxygen atoms in total. The third-order valence-corrected chi connectivity index (χ3v) is 4.19. The van der Waals surface area contributed by atoms with E-state index >= 15 is 0 Å². The van der Waals surface area contributed by atoms with Crippen molar-refractivity contribution >= 4 is 6.29 Å². The Labute approximate surface area is 131 Å². The standard InChI is InChI=1S/C20H32O/c1-17(2)20-14-13-18(3)16-19(20)12-10-8-6-4-5-7-9-11-15-21/h13-17H,4-12H2,1-3H3. The maximum atomic E-state index is 10.2. The molecule has 1 heteroatoms. The smallest absolute Gasteiger partial charge is 0.119 e. The van der Waals surface area contributed by atoms with E-state index in [1.165, 1.54) is 56.1 Å². The van der Waals surface area contributed by atoms with Gasteiger partial charge in [-0.3, -0.25) is 0 Å². The Kier molecular flexibility index (Phi) is 9.05. The summed E-state index contributed by atoms with van der Waals surface area (Å²) in [6.07, 6.45) is 11.9. The van der Waals surface area contributed by atoms with Crippen molar-refractivity contribution in [2.75, 3.05) is 0 Å². The van der Waals surface area contributed by atoms with E-state index in [0.717, 1.165) is 19.1 Å². The van der Waals surface area contributed by atoms with Gasteiger partial charge in [-0.15, -0.1) is 0 Å². The van der Waals surface area contributed by atoms with Crippen LogP contribution >= 0.6 is 0 Å². The molecular formula is C20H32O. The molecule has 0 aliphatic rings. The van der Waals surface area contributed by atoms with Crippen LogP contribution in [0.15, 0.2) is 18.2 Å². The molecule has 0 heterocycles. The fourth-order valence-electron chi connectivity index (χ4n) is 2.94. The maximum absolute atomic E-state index is 10.2. The van der Waals surface area contributed by atoms with Gasteiger partial charge in [-0.1, -0.05) is 69.7 Å². The molecule has 0 atom stereocenters. The molecule has 1 rings (SSSR count). The van der Waals surface area contributed by atoms with Crippen molar-refractivity contribution in [1.82, 2.24) is 0 Å². The van der Waals surface area contributed by atoms with E-state index in [0.29, 0.717) is 5.92 Å². The van der Waals surface area contributed by atoms with Crippen molar-refractivity contribution in [2.45, 2.75) is 84.5 Å². The third kappa shape index (κ3) is 7.45. The lowest BCUT2D eigenvalue weighted by atomic mass is 9.92. The van der Waals surface area contributed by atoms with E-state index in [-0.39, 0.29) is 0 Å². The summed E-state index contributed by atoms with van der Waals surface area (Å²) in [5.41, 5.74) is 4.45. The SMILES string of the molecule is Cc1ccc(C(C)C)c(CCCCCCCCCC=O)c1. The molecule has 0 bridgehead atoms. The lowest BCUT2D eigenvalue weighted by Crippen LogP contribution is -1.97. The Hall–Kier alpha value is -1.11. The number of hydrogen-bond donors (Lipinski definition) is 0. The van der Waals surface area contributed by atoms with Crippen LogP contribution in [0.3, 0.4) is 0 Å². The lowest BCUT2D eigenvalue weighted by molar-refractivity contribution is -0.107. The molecule has 0 aromatic heterocycles. The molecule has 0 saturated heterocycles. The van der Waals surface area contributed by atoms with Crippen LogP contribution < -0.4 is 0 Å². The normalized spacial score (nSPS) is 11.0. The van der Waals surface area contributed by atoms with E-state index in [2.05, 4.69) is 39.0 Å². The summed E-state index contributed by atoms with van der Waals surface area (Å²) in [7, 11) is 0. The Morgan fingerprint density at radius 3 is 2.19 bits per heavy atom. The van der Waals surface area contributed by atoms with Crippen molar-refractivity contribution in [3.05, 3.63) is 34.9 Å². The average Bonchev–Trinajstić information content (AvgIpc) is 2.45. The maximum Gasteiger partial charge on any atom is 0.119 e. The van der Waals surface area contributed by atoms with Crippen LogP contribution in [0.2, 0.25) is 0 Å². The summed E-state index contributed by atoms with van der Waals surface area (Å²) in [4.78, 5) is 10.2. The van der Waals surface area contributed by atoms with Crippen molar-refractivity contribution in [3.63, 3.8) is 0 Å². The van der Waals surface area contributed by atoms with Crippen molar-refractivity contribution < 1.29 is 4.79 Å². The fourth-order valence-corrected chi connectivity index (χ4v) is 2.94. The minimum atomic E-state index is 0.624. The lowest BCUT2D eigenvalue weighted by Gasteiger charge is -2.13. The molecule has 0 saturated carbocycles. The molecule has 0 spiro atoms. The molecular weight excluding hydrogens is 256 g/mol. The highest BCUT2D eigenvalue weighted by molar-refractivity contribution is 5.48. The van der Waals surface area contributed by atoms with Gasteiger partial charge in [0.25, 0.3) is 0 Å². The van der Waals surface area contributed by atoms with Gasteiger partial charge in [-0.25, -0.2) is 0 Å². The summed E-state index contributed by atoms with van der Waals surface area (Å²) in [6, 6.07) is 6.91. The van der Waals surface area contributed by atoms with Gasteiger partial charge in [0.05, 0.1) is 0 Å². The van der Waals surface area contributed by atoms with Gasteiger partial charge >= 0.3 is 0 Å². The van der Waals surface area contributed by atoms with Gasteiger partial charge in [-0.2, -0.15) is 0 Å². The van der Waals surface area contributed by atoms with Crippen LogP contribution in [0.4, 0.5) is 0 Å². The summed E-state index contributed by atoms with van der Waals surface area (Å²) in [5.74, 6) is 0.624. The number of hydrogen-bond acceptors (Lipinski definition) is 1. The zero-order valence-electron chi connectivity index (χ0n) is 14.2. The molecule has 0 fully saturated rings. The van der Waals surface area contributed by atoms with Crippen LogP contribution in [0.1, 0.15) is 87.8 Å². The zero-order chi connectivity index (χ0) is 15.5. The first kappa shape index (κ1) is 17.9. The highest BCUT2D eigenvalue weighted by Crippen LogP contribution is 2.23. The second-order valence-electron chi connectivity index (χ2n) is 6.54. The first-order chi connectivity index (χ1) is 10.1. The molecule has 1 aromatic carbocycles. The zero-order valence-corrected chi connectivity index (χ0v) is 14.2. The number of unbranched alkanes of at least 4 members (excludes halogenated alkanes) is 7. The van der Waals surface area contributed by atoms with E-state index < -0.39 is 0 Å². The second kappa shape index (κ2) is 10.6. The predicted octanol–water partition coefficient (Wildman–Crippen LogP) is 5.98. The minimum absolute atomic E-state index is 0.624. The number of benzene rings is 1. The summed E-state index contributed by atoms with van der Waals surface area (Å²) in [5, 5.41) is 0. The number of rotatable bonds is 11. The van der Waals surface area contributed by atoms with E-state index in [1.54, 1.807) is 5.56 Å². The van der Waals surface area contributed by atoms with Gasteiger partial charge in [-0.05, 0) is 43.2 Å². The topological polar surface area (TPSA) is 17.1 Å². The number of aldehydes is 1. The quantitative estimate of drug-likeness (QED) is 0.361. The first-order valence-corrected chi connectivity index (χ1v) is 8.68. The van der Waals surface area contributed by atoms with Crippen LogP contribution in [0.25, 0.3) is 0 Å². The van der Waals surface area contributed by atoms with Crippen molar-refractivity contribution in [1.29, 1.82) is 0 Å². The molecule has 0 unspecified atom stereocenters. The number of carbonyl (C=O) groups is 1. The van der Waals surface area contributed by atoms with E-state index in [4.69, 9.17) is 0 Å². The van der Waals surface area contributed by atoms with Crippen molar-refractivity contribution in [3.8, 4) is 0 Å². The fraction of sp³-hybridized carbons (Fsp3) is 0.650. The summed E-state index contributed by atoms with van der Waals surface area (Å²) < 4.78 is 0. The van der Waals surface area contributed by atoms with Gasteiger partial charge < -0.3 is 4.79 Å². The Bertz CT molecular complexity index is 406. The van der Waals surface area contributed by atoms with Crippen LogP contribution in [0, 0.1) is 6.92 Å². The largest absolute Gasteiger partial charge is 0.303 e.